The van der Waals surface area contributed by atoms with E-state index >= 15 is 0 Å². The molecule has 0 aliphatic heterocycles. The minimum Gasteiger partial charge on any atom is -0.476 e. The first-order valence-electron chi connectivity index (χ1n) is 2.33. The van der Waals surface area contributed by atoms with Crippen LogP contribution in [0.2, 0.25) is 0 Å². The molecule has 0 unspecified atom stereocenters. The van der Waals surface area contributed by atoms with Crippen LogP contribution in [0.4, 0.5) is 4.39 Å². The van der Waals surface area contributed by atoms with E-state index in [1.54, 1.807) is 0 Å². The van der Waals surface area contributed by atoms with Crippen LogP contribution >= 0.6 is 0 Å². The highest BCUT2D eigenvalue weighted by molar-refractivity contribution is 5.85. The SMILES string of the molecule is O=C(O)c1ncn[c]c1F. The Morgan fingerprint density at radius 2 is 2.50 bits per heavy atom. The van der Waals surface area contributed by atoms with Crippen molar-refractivity contribution in [3.63, 3.8) is 0 Å². The van der Waals surface area contributed by atoms with Gasteiger partial charge in [-0.25, -0.2) is 19.2 Å². The summed E-state index contributed by atoms with van der Waals surface area (Å²) in [7, 11) is 0. The lowest BCUT2D eigenvalue weighted by atomic mass is 10.4. The number of carboxylic acid groups (broad SMARTS) is 1. The van der Waals surface area contributed by atoms with Crippen molar-refractivity contribution in [3.05, 3.63) is 24.0 Å². The van der Waals surface area contributed by atoms with Crippen molar-refractivity contribution >= 4 is 5.97 Å². The van der Waals surface area contributed by atoms with Gasteiger partial charge in [-0.15, -0.1) is 0 Å². The standard InChI is InChI=1S/C5H2FN2O2/c6-3-1-7-2-8-4(3)5(9)10/h2H,(H,9,10). The van der Waals surface area contributed by atoms with E-state index < -0.39 is 17.5 Å². The Bertz CT molecular complexity index is 264. The van der Waals surface area contributed by atoms with Gasteiger partial charge in [0.15, 0.2) is 11.5 Å². The van der Waals surface area contributed by atoms with Gasteiger partial charge in [-0.1, -0.05) is 0 Å². The molecule has 1 heterocycles. The Balaban J connectivity index is 3.15. The summed E-state index contributed by atoms with van der Waals surface area (Å²) in [4.78, 5) is 16.4. The van der Waals surface area contributed by atoms with Gasteiger partial charge >= 0.3 is 5.97 Å². The second-order valence-corrected chi connectivity index (χ2v) is 1.45. The number of carboxylic acids is 1. The molecule has 10 heavy (non-hydrogen) atoms. The zero-order chi connectivity index (χ0) is 7.56. The second kappa shape index (κ2) is 2.38. The summed E-state index contributed by atoms with van der Waals surface area (Å²) < 4.78 is 12.3. The van der Waals surface area contributed by atoms with Crippen molar-refractivity contribution in [2.75, 3.05) is 0 Å². The lowest BCUT2D eigenvalue weighted by Crippen LogP contribution is -2.04. The van der Waals surface area contributed by atoms with Crippen molar-refractivity contribution in [2.45, 2.75) is 0 Å². The lowest BCUT2D eigenvalue weighted by molar-refractivity contribution is 0.0684. The van der Waals surface area contributed by atoms with Crippen LogP contribution < -0.4 is 0 Å². The van der Waals surface area contributed by atoms with Crippen LogP contribution in [0.25, 0.3) is 0 Å². The molecule has 0 atom stereocenters. The van der Waals surface area contributed by atoms with Crippen molar-refractivity contribution in [3.8, 4) is 0 Å². The maximum atomic E-state index is 12.3. The van der Waals surface area contributed by atoms with Crippen LogP contribution in [-0.2, 0) is 0 Å². The highest BCUT2D eigenvalue weighted by atomic mass is 19.1. The van der Waals surface area contributed by atoms with Gasteiger partial charge in [0.1, 0.15) is 12.5 Å². The molecule has 0 aliphatic rings. The molecule has 1 radical (unpaired) electrons. The molecule has 1 aromatic rings. The van der Waals surface area contributed by atoms with Crippen LogP contribution in [0.3, 0.4) is 0 Å². The van der Waals surface area contributed by atoms with Crippen molar-refractivity contribution in [1.82, 2.24) is 9.97 Å². The van der Waals surface area contributed by atoms with Crippen LogP contribution in [0.5, 0.6) is 0 Å². The molecule has 0 amide bonds. The first-order valence-corrected chi connectivity index (χ1v) is 2.33. The topological polar surface area (TPSA) is 63.1 Å². The third kappa shape index (κ3) is 1.07. The summed E-state index contributed by atoms with van der Waals surface area (Å²) in [5.41, 5.74) is -0.657. The van der Waals surface area contributed by atoms with Gasteiger partial charge in [-0.05, 0) is 0 Å². The number of halogens is 1. The van der Waals surface area contributed by atoms with Gasteiger partial charge < -0.3 is 5.11 Å². The van der Waals surface area contributed by atoms with Crippen LogP contribution in [-0.4, -0.2) is 21.0 Å². The smallest absolute Gasteiger partial charge is 0.357 e. The molecule has 0 saturated carbocycles. The fourth-order valence-corrected chi connectivity index (χ4v) is 0.431. The average Bonchev–Trinajstić information content (AvgIpc) is 1.88. The van der Waals surface area contributed by atoms with E-state index in [1.807, 2.05) is 6.20 Å². The molecule has 4 nitrogen and oxygen atoms in total. The molecule has 0 saturated heterocycles. The normalized spacial score (nSPS) is 9.30. The molecule has 1 aromatic heterocycles. The summed E-state index contributed by atoms with van der Waals surface area (Å²) in [6.07, 6.45) is 2.74. The van der Waals surface area contributed by atoms with E-state index in [0.29, 0.717) is 0 Å². The van der Waals surface area contributed by atoms with Gasteiger partial charge in [0.05, 0.1) is 0 Å². The van der Waals surface area contributed by atoms with Gasteiger partial charge in [0.25, 0.3) is 0 Å². The number of hydrogen-bond donors (Lipinski definition) is 1. The maximum Gasteiger partial charge on any atom is 0.357 e. The van der Waals surface area contributed by atoms with Crippen molar-refractivity contribution in [2.24, 2.45) is 0 Å². The Hall–Kier alpha value is -1.52. The molecule has 5 heteroatoms. The van der Waals surface area contributed by atoms with E-state index in [9.17, 15) is 9.18 Å². The Morgan fingerprint density at radius 1 is 1.80 bits per heavy atom. The molecular formula is C5H2FN2O2. The van der Waals surface area contributed by atoms with Crippen molar-refractivity contribution < 1.29 is 14.3 Å². The zero-order valence-electron chi connectivity index (χ0n) is 4.71. The molecule has 1 rings (SSSR count). The second-order valence-electron chi connectivity index (χ2n) is 1.45. The monoisotopic (exact) mass is 141 g/mol. The van der Waals surface area contributed by atoms with Crippen LogP contribution in [0.15, 0.2) is 6.33 Å². The summed E-state index contributed by atoms with van der Waals surface area (Å²) in [6.45, 7) is 0. The van der Waals surface area contributed by atoms with Gasteiger partial charge in [0.2, 0.25) is 0 Å². The first-order chi connectivity index (χ1) is 4.72. The quantitative estimate of drug-likeness (QED) is 0.603. The number of carbonyl (C=O) groups is 1. The number of hydrogen-bond acceptors (Lipinski definition) is 3. The molecular weight excluding hydrogens is 139 g/mol. The summed E-state index contributed by atoms with van der Waals surface area (Å²) in [5.74, 6) is -2.47. The van der Waals surface area contributed by atoms with Gasteiger partial charge in [0, 0.05) is 0 Å². The molecule has 0 fully saturated rings. The maximum absolute atomic E-state index is 12.3. The van der Waals surface area contributed by atoms with E-state index in [0.717, 1.165) is 6.33 Å². The number of rotatable bonds is 1. The Morgan fingerprint density at radius 3 is 2.90 bits per heavy atom. The first kappa shape index (κ1) is 6.60. The number of aromatic carboxylic acids is 1. The predicted molar refractivity (Wildman–Crippen MR) is 27.8 cm³/mol. The average molecular weight is 141 g/mol. The van der Waals surface area contributed by atoms with E-state index in [4.69, 9.17) is 5.11 Å². The third-order valence-corrected chi connectivity index (χ3v) is 0.818. The van der Waals surface area contributed by atoms with Crippen molar-refractivity contribution in [1.29, 1.82) is 0 Å². The van der Waals surface area contributed by atoms with Gasteiger partial charge in [-0.3, -0.25) is 0 Å². The van der Waals surface area contributed by atoms with Crippen LogP contribution in [0.1, 0.15) is 10.5 Å². The number of aromatic nitrogens is 2. The largest absolute Gasteiger partial charge is 0.476 e. The molecule has 0 aliphatic carbocycles. The molecule has 0 bridgehead atoms. The zero-order valence-corrected chi connectivity index (χ0v) is 4.71. The summed E-state index contributed by atoms with van der Waals surface area (Å²) in [5, 5.41) is 8.22. The summed E-state index contributed by atoms with van der Waals surface area (Å²) in [6, 6.07) is 0. The fraction of sp³-hybridized carbons (Fsp3) is 0. The van der Waals surface area contributed by atoms with Gasteiger partial charge in [-0.2, -0.15) is 0 Å². The predicted octanol–water partition coefficient (Wildman–Crippen LogP) is 0.114. The minimum atomic E-state index is -1.42. The highest BCUT2D eigenvalue weighted by Gasteiger charge is 2.10. The molecule has 0 aromatic carbocycles. The minimum absolute atomic E-state index is 0.657. The van der Waals surface area contributed by atoms with Crippen LogP contribution in [0, 0.1) is 12.0 Å². The van der Waals surface area contributed by atoms with E-state index in [2.05, 4.69) is 9.97 Å². The highest BCUT2D eigenvalue weighted by Crippen LogP contribution is 1.97. The lowest BCUT2D eigenvalue weighted by Gasteiger charge is -1.90. The fourth-order valence-electron chi connectivity index (χ4n) is 0.431. The number of nitrogens with zero attached hydrogens (tertiary/aromatic N) is 2. The summed E-state index contributed by atoms with van der Waals surface area (Å²) >= 11 is 0. The van der Waals surface area contributed by atoms with E-state index in [1.165, 1.54) is 0 Å². The Labute approximate surface area is 55.4 Å². The van der Waals surface area contributed by atoms with E-state index in [-0.39, 0.29) is 0 Å². The molecule has 0 spiro atoms. The third-order valence-electron chi connectivity index (χ3n) is 0.818. The molecule has 51 valence electrons. The molecule has 1 N–H and O–H groups in total. The Kier molecular flexibility index (Phi) is 1.57.